The van der Waals surface area contributed by atoms with Crippen molar-refractivity contribution in [3.63, 3.8) is 0 Å². The Morgan fingerprint density at radius 3 is 2.87 bits per heavy atom. The van der Waals surface area contributed by atoms with Gasteiger partial charge in [0.1, 0.15) is 0 Å². The highest BCUT2D eigenvalue weighted by Crippen LogP contribution is 2.17. The van der Waals surface area contributed by atoms with Gasteiger partial charge in [0.05, 0.1) is 11.6 Å². The molecule has 0 saturated heterocycles. The zero-order chi connectivity index (χ0) is 11.3. The van der Waals surface area contributed by atoms with Crippen LogP contribution in [0.25, 0.3) is 0 Å². The van der Waals surface area contributed by atoms with Gasteiger partial charge in [-0.15, -0.1) is 0 Å². The molecule has 0 aliphatic rings. The molecular weight excluding hydrogens is 216 g/mol. The number of hydrogen-bond donors (Lipinski definition) is 1. The lowest BCUT2D eigenvalue weighted by Crippen LogP contribution is -2.24. The van der Waals surface area contributed by atoms with E-state index in [2.05, 4.69) is 10.3 Å². The first-order valence-corrected chi connectivity index (χ1v) is 5.14. The molecule has 0 unspecified atom stereocenters. The number of halogens is 1. The maximum atomic E-state index is 11.5. The lowest BCUT2D eigenvalue weighted by molar-refractivity contribution is 0.0950. The minimum absolute atomic E-state index is 0.199. The Morgan fingerprint density at radius 2 is 2.27 bits per heavy atom. The Kier molecular flexibility index (Phi) is 4.37. The fourth-order valence-electron chi connectivity index (χ4n) is 1.06. The second-order valence-electron chi connectivity index (χ2n) is 2.77. The van der Waals surface area contributed by atoms with Crippen LogP contribution in [0.15, 0.2) is 12.1 Å². The second-order valence-corrected chi connectivity index (χ2v) is 3.18. The molecule has 1 amide bonds. The van der Waals surface area contributed by atoms with Gasteiger partial charge in [0.25, 0.3) is 5.91 Å². The van der Waals surface area contributed by atoms with Crippen molar-refractivity contribution in [3.05, 3.63) is 22.8 Å². The lowest BCUT2D eigenvalue weighted by Gasteiger charge is -2.06. The van der Waals surface area contributed by atoms with E-state index in [9.17, 15) is 4.79 Å². The third kappa shape index (κ3) is 3.09. The third-order valence-electron chi connectivity index (χ3n) is 1.67. The molecule has 0 fully saturated rings. The summed E-state index contributed by atoms with van der Waals surface area (Å²) in [6, 6.07) is 3.23. The van der Waals surface area contributed by atoms with Crippen LogP contribution in [0.2, 0.25) is 5.02 Å². The summed E-state index contributed by atoms with van der Waals surface area (Å²) < 4.78 is 5.18. The number of carbonyl (C=O) groups is 1. The van der Waals surface area contributed by atoms with Crippen molar-refractivity contribution in [3.8, 4) is 5.88 Å². The van der Waals surface area contributed by atoms with Crippen molar-refractivity contribution in [1.82, 2.24) is 10.3 Å². The maximum absolute atomic E-state index is 11.5. The fourth-order valence-corrected chi connectivity index (χ4v) is 1.25. The van der Waals surface area contributed by atoms with Crippen molar-refractivity contribution in [1.29, 1.82) is 0 Å². The van der Waals surface area contributed by atoms with E-state index in [4.69, 9.17) is 16.3 Å². The van der Waals surface area contributed by atoms with Crippen LogP contribution in [-0.4, -0.2) is 24.0 Å². The first kappa shape index (κ1) is 11.8. The van der Waals surface area contributed by atoms with Gasteiger partial charge >= 0.3 is 0 Å². The highest BCUT2D eigenvalue weighted by Gasteiger charge is 2.12. The zero-order valence-corrected chi connectivity index (χ0v) is 9.47. The molecule has 1 N–H and O–H groups in total. The van der Waals surface area contributed by atoms with Crippen LogP contribution in [0.4, 0.5) is 0 Å². The second kappa shape index (κ2) is 5.56. The highest BCUT2D eigenvalue weighted by molar-refractivity contribution is 6.33. The van der Waals surface area contributed by atoms with Crippen LogP contribution >= 0.6 is 11.6 Å². The summed E-state index contributed by atoms with van der Waals surface area (Å²) in [6.45, 7) is 4.72. The summed E-state index contributed by atoms with van der Waals surface area (Å²) in [5, 5.41) is 2.95. The summed E-state index contributed by atoms with van der Waals surface area (Å²) in [5.74, 6) is 0.118. The molecule has 1 aromatic rings. The third-order valence-corrected chi connectivity index (χ3v) is 1.97. The minimum Gasteiger partial charge on any atom is -0.478 e. The van der Waals surface area contributed by atoms with E-state index in [1.807, 2.05) is 13.8 Å². The normalized spacial score (nSPS) is 9.80. The van der Waals surface area contributed by atoms with Crippen LogP contribution in [0.1, 0.15) is 24.3 Å². The summed E-state index contributed by atoms with van der Waals surface area (Å²) in [5.41, 5.74) is 0.199. The fraction of sp³-hybridized carbons (Fsp3) is 0.400. The Labute approximate surface area is 93.6 Å². The molecular formula is C10H13ClN2O2. The Morgan fingerprint density at radius 1 is 1.53 bits per heavy atom. The topological polar surface area (TPSA) is 51.2 Å². The van der Waals surface area contributed by atoms with Crippen molar-refractivity contribution in [2.45, 2.75) is 13.8 Å². The van der Waals surface area contributed by atoms with Gasteiger partial charge in [0, 0.05) is 12.6 Å². The van der Waals surface area contributed by atoms with Crippen molar-refractivity contribution < 1.29 is 9.53 Å². The number of hydrogen-bond acceptors (Lipinski definition) is 3. The number of aromatic nitrogens is 1. The number of pyridine rings is 1. The van der Waals surface area contributed by atoms with Crippen LogP contribution in [0.5, 0.6) is 5.88 Å². The van der Waals surface area contributed by atoms with E-state index >= 15 is 0 Å². The van der Waals surface area contributed by atoms with Gasteiger partial charge in [-0.1, -0.05) is 11.6 Å². The van der Waals surface area contributed by atoms with Crippen molar-refractivity contribution in [2.75, 3.05) is 13.2 Å². The number of nitrogens with one attached hydrogen (secondary N) is 1. The molecule has 0 atom stereocenters. The van der Waals surface area contributed by atoms with Gasteiger partial charge in [-0.3, -0.25) is 4.79 Å². The summed E-state index contributed by atoms with van der Waals surface area (Å²) in [6.07, 6.45) is 0. The summed E-state index contributed by atoms with van der Waals surface area (Å²) >= 11 is 5.85. The van der Waals surface area contributed by atoms with E-state index in [1.54, 1.807) is 12.1 Å². The molecule has 1 rings (SSSR count). The maximum Gasteiger partial charge on any atom is 0.271 e. The molecule has 0 bridgehead atoms. The summed E-state index contributed by atoms with van der Waals surface area (Å²) in [7, 11) is 0. The quantitative estimate of drug-likeness (QED) is 0.856. The van der Waals surface area contributed by atoms with E-state index in [1.165, 1.54) is 0 Å². The molecule has 1 aromatic heterocycles. The first-order valence-electron chi connectivity index (χ1n) is 4.76. The van der Waals surface area contributed by atoms with E-state index in [-0.39, 0.29) is 11.6 Å². The largest absolute Gasteiger partial charge is 0.478 e. The number of nitrogens with zero attached hydrogens (tertiary/aromatic N) is 1. The van der Waals surface area contributed by atoms with Crippen LogP contribution < -0.4 is 10.1 Å². The van der Waals surface area contributed by atoms with Gasteiger partial charge in [-0.25, -0.2) is 4.98 Å². The molecule has 0 saturated carbocycles. The monoisotopic (exact) mass is 228 g/mol. The average molecular weight is 229 g/mol. The molecule has 82 valence electrons. The molecule has 0 aromatic carbocycles. The molecule has 5 heteroatoms. The standard InChI is InChI=1S/C10H13ClN2O2/c1-3-12-10(14)9-7(11)5-6-8(13-9)15-4-2/h5-6H,3-4H2,1-2H3,(H,12,14). The number of carbonyl (C=O) groups excluding carboxylic acids is 1. The van der Waals surface area contributed by atoms with Crippen LogP contribution in [-0.2, 0) is 0 Å². The number of rotatable bonds is 4. The molecule has 4 nitrogen and oxygen atoms in total. The Balaban J connectivity index is 2.94. The van der Waals surface area contributed by atoms with Gasteiger partial charge in [-0.05, 0) is 19.9 Å². The number of ether oxygens (including phenoxy) is 1. The average Bonchev–Trinajstić information content (AvgIpc) is 2.21. The Hall–Kier alpha value is -1.29. The van der Waals surface area contributed by atoms with Crippen LogP contribution in [0.3, 0.4) is 0 Å². The minimum atomic E-state index is -0.288. The number of amides is 1. The molecule has 15 heavy (non-hydrogen) atoms. The highest BCUT2D eigenvalue weighted by atomic mass is 35.5. The van der Waals surface area contributed by atoms with Crippen molar-refractivity contribution >= 4 is 17.5 Å². The van der Waals surface area contributed by atoms with E-state index < -0.39 is 0 Å². The summed E-state index contributed by atoms with van der Waals surface area (Å²) in [4.78, 5) is 15.5. The van der Waals surface area contributed by atoms with Gasteiger partial charge in [0.2, 0.25) is 5.88 Å². The van der Waals surface area contributed by atoms with Gasteiger partial charge in [-0.2, -0.15) is 0 Å². The molecule has 0 aliphatic carbocycles. The molecule has 0 aliphatic heterocycles. The first-order chi connectivity index (χ1) is 7.19. The molecule has 0 spiro atoms. The van der Waals surface area contributed by atoms with Crippen LogP contribution in [0, 0.1) is 0 Å². The molecule has 1 heterocycles. The van der Waals surface area contributed by atoms with Gasteiger partial charge < -0.3 is 10.1 Å². The SMILES string of the molecule is CCNC(=O)c1nc(OCC)ccc1Cl. The van der Waals surface area contributed by atoms with E-state index in [0.717, 1.165) is 0 Å². The lowest BCUT2D eigenvalue weighted by atomic mass is 10.3. The Bertz CT molecular complexity index is 355. The van der Waals surface area contributed by atoms with E-state index in [0.29, 0.717) is 24.1 Å². The van der Waals surface area contributed by atoms with Crippen molar-refractivity contribution in [2.24, 2.45) is 0 Å². The zero-order valence-electron chi connectivity index (χ0n) is 8.71. The van der Waals surface area contributed by atoms with Gasteiger partial charge in [0.15, 0.2) is 5.69 Å². The molecule has 0 radical (unpaired) electrons. The smallest absolute Gasteiger partial charge is 0.271 e. The predicted octanol–water partition coefficient (Wildman–Crippen LogP) is 1.88. The predicted molar refractivity (Wildman–Crippen MR) is 58.4 cm³/mol.